The molecule has 0 radical (unpaired) electrons. The molecule has 14 heteroatoms. The smallest absolute Gasteiger partial charge is 0.379 e. The van der Waals surface area contributed by atoms with Gasteiger partial charge in [0.1, 0.15) is 12.7 Å². The highest BCUT2D eigenvalue weighted by Crippen LogP contribution is 2.35. The van der Waals surface area contributed by atoms with Gasteiger partial charge in [-0.15, -0.1) is 0 Å². The van der Waals surface area contributed by atoms with Gasteiger partial charge in [0.25, 0.3) is 5.91 Å². The summed E-state index contributed by atoms with van der Waals surface area (Å²) in [6.07, 6.45) is 1.62. The Morgan fingerprint density at radius 1 is 1.20 bits per heavy atom. The molecule has 4 aromatic rings. The summed E-state index contributed by atoms with van der Waals surface area (Å²) in [5.74, 6) is -0.365. The predicted molar refractivity (Wildman–Crippen MR) is 155 cm³/mol. The molecule has 1 aliphatic carbocycles. The average Bonchev–Trinajstić information content (AvgIpc) is 3.78. The van der Waals surface area contributed by atoms with Crippen molar-refractivity contribution in [2.45, 2.75) is 69.3 Å². The molecule has 6 rings (SSSR count). The summed E-state index contributed by atoms with van der Waals surface area (Å²) in [7, 11) is 3.54. The number of halogens is 4. The normalized spacial score (nSPS) is 23.0. The number of benzene rings is 1. The van der Waals surface area contributed by atoms with E-state index in [0.717, 1.165) is 23.8 Å². The molecule has 4 heterocycles. The molecule has 0 unspecified atom stereocenters. The molecular formula is C30H35F4N7O3. The van der Waals surface area contributed by atoms with Crippen LogP contribution in [0.1, 0.15) is 48.0 Å². The van der Waals surface area contributed by atoms with E-state index in [1.165, 1.54) is 0 Å². The van der Waals surface area contributed by atoms with Crippen LogP contribution in [-0.2, 0) is 17.8 Å². The molecule has 1 aliphatic heterocycles. The van der Waals surface area contributed by atoms with Crippen LogP contribution in [0.3, 0.4) is 0 Å². The number of carbonyl (C=O) groups is 1. The SMILES string of the molecule is CO[C@H]1CCC[C@H]1n1ccc(C(=O)NCc2nc(-c3cc4c(N[C@@H]5CCN(C)C[C@@H]5F)cccc4n3CC(F)(F)F)no2)c1. The number of rotatable bonds is 9. The summed E-state index contributed by atoms with van der Waals surface area (Å²) >= 11 is 0. The predicted octanol–water partition coefficient (Wildman–Crippen LogP) is 5.18. The third-order valence-electron chi connectivity index (χ3n) is 8.55. The van der Waals surface area contributed by atoms with E-state index < -0.39 is 24.9 Å². The molecule has 1 aromatic carbocycles. The third-order valence-corrected chi connectivity index (χ3v) is 8.55. The minimum atomic E-state index is -4.53. The van der Waals surface area contributed by atoms with Gasteiger partial charge in [-0.1, -0.05) is 11.2 Å². The first-order valence-electron chi connectivity index (χ1n) is 14.7. The topological polar surface area (TPSA) is 102 Å². The second-order valence-electron chi connectivity index (χ2n) is 11.6. The number of hydrogen-bond acceptors (Lipinski definition) is 7. The van der Waals surface area contributed by atoms with Crippen LogP contribution in [0.4, 0.5) is 23.2 Å². The number of methoxy groups -OCH3 is 1. The highest BCUT2D eigenvalue weighted by atomic mass is 19.4. The Balaban J connectivity index is 1.21. The number of carbonyl (C=O) groups excluding carboxylic acids is 1. The van der Waals surface area contributed by atoms with Crippen LogP contribution in [0.5, 0.6) is 0 Å². The first-order valence-corrected chi connectivity index (χ1v) is 14.7. The number of likely N-dealkylation sites (tertiary alicyclic amines) is 1. The van der Waals surface area contributed by atoms with Crippen molar-refractivity contribution in [2.24, 2.45) is 0 Å². The monoisotopic (exact) mass is 617 g/mol. The van der Waals surface area contributed by atoms with Gasteiger partial charge in [0.2, 0.25) is 11.7 Å². The van der Waals surface area contributed by atoms with Crippen molar-refractivity contribution in [3.8, 4) is 11.5 Å². The van der Waals surface area contributed by atoms with E-state index in [9.17, 15) is 22.4 Å². The van der Waals surface area contributed by atoms with Crippen molar-refractivity contribution in [3.63, 3.8) is 0 Å². The molecule has 0 spiro atoms. The van der Waals surface area contributed by atoms with Gasteiger partial charge < -0.3 is 33.9 Å². The van der Waals surface area contributed by atoms with Crippen molar-refractivity contribution in [2.75, 3.05) is 32.6 Å². The highest BCUT2D eigenvalue weighted by Gasteiger charge is 2.33. The Bertz CT molecular complexity index is 1610. The second-order valence-corrected chi connectivity index (χ2v) is 11.6. The summed E-state index contributed by atoms with van der Waals surface area (Å²) in [4.78, 5) is 19.0. The van der Waals surface area contributed by atoms with Gasteiger partial charge in [-0.25, -0.2) is 4.39 Å². The standard InChI is InChI=1S/C30H35F4N7O3/c1-39-11-10-22(20(31)16-39)36-21-5-3-6-23-19(21)13-25(41(23)17-30(32,33)34)28-37-27(44-38-28)14-35-29(42)18-9-12-40(15-18)24-7-4-8-26(24)43-2/h3,5-6,9,12-13,15,20,22,24,26,36H,4,7-8,10-11,14,16-17H2,1-2H3,(H,35,42)/t20-,22+,24+,26-/m0/s1. The van der Waals surface area contributed by atoms with E-state index in [2.05, 4.69) is 20.8 Å². The van der Waals surface area contributed by atoms with Crippen LogP contribution in [0.2, 0.25) is 0 Å². The van der Waals surface area contributed by atoms with Crippen molar-refractivity contribution < 1.29 is 31.6 Å². The molecule has 10 nitrogen and oxygen atoms in total. The largest absolute Gasteiger partial charge is 0.406 e. The number of nitrogens with zero attached hydrogens (tertiary/aromatic N) is 5. The maximum atomic E-state index is 14.8. The average molecular weight is 618 g/mol. The molecule has 1 amide bonds. The van der Waals surface area contributed by atoms with Gasteiger partial charge in [0, 0.05) is 43.7 Å². The molecule has 3 aromatic heterocycles. The van der Waals surface area contributed by atoms with Crippen molar-refractivity contribution >= 4 is 22.5 Å². The molecule has 1 saturated carbocycles. The Labute approximate surface area is 251 Å². The fraction of sp³-hybridized carbons (Fsp3) is 0.500. The van der Waals surface area contributed by atoms with E-state index in [0.29, 0.717) is 35.1 Å². The number of piperidine rings is 1. The third kappa shape index (κ3) is 6.32. The fourth-order valence-electron chi connectivity index (χ4n) is 6.33. The number of anilines is 1. The number of alkyl halides is 4. The molecular weight excluding hydrogens is 582 g/mol. The van der Waals surface area contributed by atoms with Crippen LogP contribution < -0.4 is 10.6 Å². The molecule has 2 N–H and O–H groups in total. The fourth-order valence-corrected chi connectivity index (χ4v) is 6.33. The van der Waals surface area contributed by atoms with Crippen LogP contribution >= 0.6 is 0 Å². The molecule has 1 saturated heterocycles. The van der Waals surface area contributed by atoms with Crippen molar-refractivity contribution in [3.05, 3.63) is 54.2 Å². The first-order chi connectivity index (χ1) is 21.1. The summed E-state index contributed by atoms with van der Waals surface area (Å²) in [6.45, 7) is -0.410. The summed E-state index contributed by atoms with van der Waals surface area (Å²) in [5.41, 5.74) is 1.37. The second kappa shape index (κ2) is 12.2. The number of aromatic nitrogens is 4. The van der Waals surface area contributed by atoms with E-state index in [1.807, 2.05) is 22.7 Å². The number of amides is 1. The lowest BCUT2D eigenvalue weighted by Gasteiger charge is -2.33. The zero-order valence-electron chi connectivity index (χ0n) is 24.5. The van der Waals surface area contributed by atoms with E-state index in [-0.39, 0.29) is 48.6 Å². The summed E-state index contributed by atoms with van der Waals surface area (Å²) in [5, 5.41) is 10.4. The van der Waals surface area contributed by atoms with Crippen LogP contribution in [-0.4, -0.2) is 81.8 Å². The number of nitrogens with one attached hydrogen (secondary N) is 2. The lowest BCUT2D eigenvalue weighted by Crippen LogP contribution is -2.46. The van der Waals surface area contributed by atoms with Crippen molar-refractivity contribution in [1.82, 2.24) is 29.5 Å². The van der Waals surface area contributed by atoms with Crippen LogP contribution in [0.25, 0.3) is 22.4 Å². The van der Waals surface area contributed by atoms with E-state index >= 15 is 0 Å². The summed E-state index contributed by atoms with van der Waals surface area (Å²) in [6, 6.07) is 7.91. The zero-order chi connectivity index (χ0) is 31.0. The highest BCUT2D eigenvalue weighted by molar-refractivity contribution is 5.96. The minimum absolute atomic E-state index is 0.0387. The summed E-state index contributed by atoms with van der Waals surface area (Å²) < 4.78 is 69.8. The number of hydrogen-bond donors (Lipinski definition) is 2. The van der Waals surface area contributed by atoms with Gasteiger partial charge >= 0.3 is 6.18 Å². The molecule has 44 heavy (non-hydrogen) atoms. The molecule has 236 valence electrons. The van der Waals surface area contributed by atoms with Crippen LogP contribution in [0.15, 0.2) is 47.2 Å². The minimum Gasteiger partial charge on any atom is -0.379 e. The van der Waals surface area contributed by atoms with Crippen LogP contribution in [0, 0.1) is 0 Å². The lowest BCUT2D eigenvalue weighted by atomic mass is 10.0. The maximum Gasteiger partial charge on any atom is 0.406 e. The molecule has 2 aliphatic rings. The van der Waals surface area contributed by atoms with Crippen molar-refractivity contribution in [1.29, 1.82) is 0 Å². The Hall–Kier alpha value is -3.91. The van der Waals surface area contributed by atoms with Gasteiger partial charge in [-0.2, -0.15) is 18.2 Å². The molecule has 2 fully saturated rings. The number of ether oxygens (including phenoxy) is 1. The van der Waals surface area contributed by atoms with Gasteiger partial charge in [0.05, 0.1) is 41.5 Å². The van der Waals surface area contributed by atoms with Gasteiger partial charge in [-0.05, 0) is 57.0 Å². The quantitative estimate of drug-likeness (QED) is 0.250. The first kappa shape index (κ1) is 30.1. The molecule has 4 atom stereocenters. The van der Waals surface area contributed by atoms with E-state index in [1.54, 1.807) is 43.6 Å². The molecule has 0 bridgehead atoms. The maximum absolute atomic E-state index is 14.8. The Morgan fingerprint density at radius 3 is 2.82 bits per heavy atom. The Kier molecular flexibility index (Phi) is 8.38. The lowest BCUT2D eigenvalue weighted by molar-refractivity contribution is -0.139. The van der Waals surface area contributed by atoms with E-state index in [4.69, 9.17) is 9.26 Å². The van der Waals surface area contributed by atoms with Gasteiger partial charge in [0.15, 0.2) is 0 Å². The number of fused-ring (bicyclic) bond motifs is 1. The van der Waals surface area contributed by atoms with Gasteiger partial charge in [-0.3, -0.25) is 4.79 Å². The zero-order valence-corrected chi connectivity index (χ0v) is 24.5. The Morgan fingerprint density at radius 2 is 2.05 bits per heavy atom.